The molecule has 0 spiro atoms. The van der Waals surface area contributed by atoms with Crippen LogP contribution in [-0.2, 0) is 4.79 Å². The molecule has 4 atom stereocenters. The van der Waals surface area contributed by atoms with Gasteiger partial charge in [0.25, 0.3) is 0 Å². The van der Waals surface area contributed by atoms with Gasteiger partial charge in [-0.25, -0.2) is 0 Å². The molecule has 2 aliphatic carbocycles. The second-order valence-electron chi connectivity index (χ2n) is 7.63. The van der Waals surface area contributed by atoms with E-state index in [2.05, 4.69) is 33.0 Å². The minimum Gasteiger partial charge on any atom is -0.353 e. The highest BCUT2D eigenvalue weighted by Crippen LogP contribution is 2.58. The van der Waals surface area contributed by atoms with E-state index in [4.69, 9.17) is 0 Å². The fourth-order valence-corrected chi connectivity index (χ4v) is 5.09. The lowest BCUT2D eigenvalue weighted by Crippen LogP contribution is -2.54. The van der Waals surface area contributed by atoms with Crippen LogP contribution in [0.15, 0.2) is 0 Å². The molecule has 98 valence electrons. The van der Waals surface area contributed by atoms with Crippen molar-refractivity contribution in [3.05, 3.63) is 0 Å². The Morgan fingerprint density at radius 1 is 1.18 bits per heavy atom. The fraction of sp³-hybridized carbons (Fsp3) is 0.933. The third kappa shape index (κ3) is 2.51. The molecule has 1 amide bonds. The molecule has 0 saturated heterocycles. The maximum Gasteiger partial charge on any atom is 0.207 e. The van der Waals surface area contributed by atoms with E-state index in [9.17, 15) is 4.79 Å². The summed E-state index contributed by atoms with van der Waals surface area (Å²) in [4.78, 5) is 10.8. The highest BCUT2D eigenvalue weighted by molar-refractivity contribution is 5.48. The number of amides is 1. The van der Waals surface area contributed by atoms with Crippen molar-refractivity contribution in [2.75, 3.05) is 0 Å². The third-order valence-electron chi connectivity index (χ3n) is 5.23. The van der Waals surface area contributed by atoms with Crippen LogP contribution in [0.1, 0.15) is 66.2 Å². The van der Waals surface area contributed by atoms with Crippen molar-refractivity contribution in [3.63, 3.8) is 0 Å². The Morgan fingerprint density at radius 3 is 2.41 bits per heavy atom. The van der Waals surface area contributed by atoms with Crippen molar-refractivity contribution >= 4 is 6.41 Å². The quantitative estimate of drug-likeness (QED) is 0.748. The van der Waals surface area contributed by atoms with Crippen molar-refractivity contribution in [3.8, 4) is 0 Å². The maximum absolute atomic E-state index is 10.8. The van der Waals surface area contributed by atoms with Crippen molar-refractivity contribution < 1.29 is 4.79 Å². The first kappa shape index (κ1) is 12.9. The molecule has 17 heavy (non-hydrogen) atoms. The minimum atomic E-state index is 0.0362. The number of nitrogens with one attached hydrogen (secondary N) is 1. The lowest BCUT2D eigenvalue weighted by Gasteiger charge is -2.56. The molecule has 2 bridgehead atoms. The number of hydrogen-bond acceptors (Lipinski definition) is 1. The third-order valence-corrected chi connectivity index (χ3v) is 5.23. The fourth-order valence-electron chi connectivity index (χ4n) is 5.09. The van der Waals surface area contributed by atoms with E-state index in [0.717, 1.165) is 25.2 Å². The van der Waals surface area contributed by atoms with Gasteiger partial charge in [0, 0.05) is 5.54 Å². The SMILES string of the molecule is CCC1(C)CC2CC(C)(C1)CC(C)(NC=O)C2. The summed E-state index contributed by atoms with van der Waals surface area (Å²) in [7, 11) is 0. The summed E-state index contributed by atoms with van der Waals surface area (Å²) in [5, 5.41) is 3.08. The second-order valence-corrected chi connectivity index (χ2v) is 7.63. The standard InChI is InChI=1S/C15H27NO/c1-5-13(2)6-12-7-14(3,9-13)10-15(4,8-12)16-11-17/h11-12H,5-10H2,1-4H3,(H,16,17). The van der Waals surface area contributed by atoms with Gasteiger partial charge in [0.15, 0.2) is 0 Å². The molecule has 2 rings (SSSR count). The van der Waals surface area contributed by atoms with Gasteiger partial charge in [0.2, 0.25) is 6.41 Å². The Kier molecular flexibility index (Phi) is 3.04. The summed E-state index contributed by atoms with van der Waals surface area (Å²) in [6.45, 7) is 9.43. The van der Waals surface area contributed by atoms with Crippen LogP contribution in [0, 0.1) is 16.7 Å². The molecule has 0 aliphatic heterocycles. The molecule has 0 heterocycles. The first-order valence-electron chi connectivity index (χ1n) is 7.03. The van der Waals surface area contributed by atoms with E-state index in [-0.39, 0.29) is 5.54 Å². The van der Waals surface area contributed by atoms with Crippen molar-refractivity contribution in [1.82, 2.24) is 5.32 Å². The Labute approximate surface area is 106 Å². The summed E-state index contributed by atoms with van der Waals surface area (Å²) >= 11 is 0. The lowest BCUT2D eigenvalue weighted by molar-refractivity contribution is -0.113. The number of fused-ring (bicyclic) bond motifs is 2. The first-order chi connectivity index (χ1) is 7.82. The maximum atomic E-state index is 10.8. The molecular formula is C15H27NO. The summed E-state index contributed by atoms with van der Waals surface area (Å²) < 4.78 is 0. The molecule has 2 saturated carbocycles. The van der Waals surface area contributed by atoms with Gasteiger partial charge < -0.3 is 5.32 Å². The average Bonchev–Trinajstić information content (AvgIpc) is 2.13. The number of rotatable bonds is 3. The predicted molar refractivity (Wildman–Crippen MR) is 70.7 cm³/mol. The van der Waals surface area contributed by atoms with Crippen LogP contribution < -0.4 is 5.32 Å². The summed E-state index contributed by atoms with van der Waals surface area (Å²) in [6.07, 6.45) is 8.51. The Balaban J connectivity index is 2.19. The summed E-state index contributed by atoms with van der Waals surface area (Å²) in [5.41, 5.74) is 0.991. The molecule has 2 nitrogen and oxygen atoms in total. The molecule has 2 heteroatoms. The van der Waals surface area contributed by atoms with Crippen LogP contribution in [0.2, 0.25) is 0 Å². The Hall–Kier alpha value is -0.530. The highest BCUT2D eigenvalue weighted by Gasteiger charge is 2.50. The van der Waals surface area contributed by atoms with Gasteiger partial charge in [0.1, 0.15) is 0 Å². The molecule has 0 aromatic rings. The molecular weight excluding hydrogens is 210 g/mol. The highest BCUT2D eigenvalue weighted by atomic mass is 16.1. The van der Waals surface area contributed by atoms with Gasteiger partial charge in [-0.2, -0.15) is 0 Å². The Morgan fingerprint density at radius 2 is 1.88 bits per heavy atom. The predicted octanol–water partition coefficient (Wildman–Crippen LogP) is 3.51. The summed E-state index contributed by atoms with van der Waals surface area (Å²) in [6, 6.07) is 0. The Bertz CT molecular complexity index is 316. The zero-order valence-electron chi connectivity index (χ0n) is 11.8. The topological polar surface area (TPSA) is 29.1 Å². The van der Waals surface area contributed by atoms with Gasteiger partial charge in [-0.3, -0.25) is 4.79 Å². The van der Waals surface area contributed by atoms with Crippen LogP contribution in [0.5, 0.6) is 0 Å². The normalized spacial score (nSPS) is 49.8. The zero-order valence-corrected chi connectivity index (χ0v) is 11.8. The van der Waals surface area contributed by atoms with E-state index in [1.54, 1.807) is 0 Å². The van der Waals surface area contributed by atoms with Gasteiger partial charge in [-0.15, -0.1) is 0 Å². The minimum absolute atomic E-state index is 0.0362. The number of carbonyl (C=O) groups excluding carboxylic acids is 1. The molecule has 1 N–H and O–H groups in total. The zero-order chi connectivity index (χ0) is 12.7. The van der Waals surface area contributed by atoms with Crippen LogP contribution in [-0.4, -0.2) is 11.9 Å². The van der Waals surface area contributed by atoms with Crippen molar-refractivity contribution in [2.24, 2.45) is 16.7 Å². The van der Waals surface area contributed by atoms with Crippen molar-refractivity contribution in [2.45, 2.75) is 71.8 Å². The largest absolute Gasteiger partial charge is 0.353 e. The van der Waals surface area contributed by atoms with Crippen LogP contribution >= 0.6 is 0 Å². The van der Waals surface area contributed by atoms with E-state index in [0.29, 0.717) is 10.8 Å². The molecule has 2 aliphatic rings. The van der Waals surface area contributed by atoms with Crippen LogP contribution in [0.25, 0.3) is 0 Å². The summed E-state index contributed by atoms with van der Waals surface area (Å²) in [5.74, 6) is 0.796. The molecule has 2 fully saturated rings. The van der Waals surface area contributed by atoms with E-state index in [1.165, 1.54) is 25.7 Å². The van der Waals surface area contributed by atoms with Gasteiger partial charge in [-0.05, 0) is 55.8 Å². The lowest BCUT2D eigenvalue weighted by atomic mass is 9.51. The second kappa shape index (κ2) is 4.00. The smallest absolute Gasteiger partial charge is 0.207 e. The average molecular weight is 237 g/mol. The number of carbonyl (C=O) groups is 1. The van der Waals surface area contributed by atoms with Gasteiger partial charge in [0.05, 0.1) is 0 Å². The van der Waals surface area contributed by atoms with E-state index < -0.39 is 0 Å². The van der Waals surface area contributed by atoms with Crippen LogP contribution in [0.3, 0.4) is 0 Å². The van der Waals surface area contributed by atoms with Gasteiger partial charge >= 0.3 is 0 Å². The molecule has 0 aromatic carbocycles. The van der Waals surface area contributed by atoms with E-state index >= 15 is 0 Å². The van der Waals surface area contributed by atoms with Gasteiger partial charge in [-0.1, -0.05) is 27.2 Å². The molecule has 4 unspecified atom stereocenters. The molecule has 0 aromatic heterocycles. The van der Waals surface area contributed by atoms with Crippen molar-refractivity contribution in [1.29, 1.82) is 0 Å². The van der Waals surface area contributed by atoms with Crippen LogP contribution in [0.4, 0.5) is 0 Å². The number of hydrogen-bond donors (Lipinski definition) is 1. The first-order valence-corrected chi connectivity index (χ1v) is 7.03. The monoisotopic (exact) mass is 237 g/mol. The van der Waals surface area contributed by atoms with E-state index in [1.807, 2.05) is 0 Å². The molecule has 0 radical (unpaired) electrons.